The van der Waals surface area contributed by atoms with Gasteiger partial charge in [0.1, 0.15) is 0 Å². The van der Waals surface area contributed by atoms with Crippen LogP contribution in [0.4, 0.5) is 28.4 Å². The Morgan fingerprint density at radius 3 is 1.07 bits per heavy atom. The maximum atomic E-state index is 4.44. The minimum atomic E-state index is -0.217. The van der Waals surface area contributed by atoms with Crippen LogP contribution in [0.3, 0.4) is 0 Å². The molecule has 11 aromatic rings. The lowest BCUT2D eigenvalue weighted by Gasteiger charge is -2.33. The minimum absolute atomic E-state index is 0.0572. The topological polar surface area (TPSA) is 32.3 Å². The van der Waals surface area contributed by atoms with E-state index in [1.165, 1.54) is 139 Å². The summed E-state index contributed by atoms with van der Waals surface area (Å²) in [7, 11) is 0. The Labute approximate surface area is 562 Å². The Kier molecular flexibility index (Phi) is 13.8. The van der Waals surface area contributed by atoms with Crippen molar-refractivity contribution in [3.63, 3.8) is 0 Å². The summed E-state index contributed by atoms with van der Waals surface area (Å²) in [6.45, 7) is 28.4. The first-order valence-corrected chi connectivity index (χ1v) is 34.1. The fraction of sp³-hybridized carbons (Fsp3) is 0.209. The van der Waals surface area contributed by atoms with Crippen molar-refractivity contribution in [1.29, 1.82) is 0 Å². The first-order valence-electron chi connectivity index (χ1n) is 34.1. The van der Waals surface area contributed by atoms with E-state index >= 15 is 0 Å². The van der Waals surface area contributed by atoms with E-state index in [0.29, 0.717) is 0 Å². The van der Waals surface area contributed by atoms with E-state index in [-0.39, 0.29) is 33.1 Å². The lowest BCUT2D eigenvalue weighted by molar-refractivity contribution is 0.651. The maximum absolute atomic E-state index is 4.44. The predicted molar refractivity (Wildman–Crippen MR) is 402 cm³/mol. The van der Waals surface area contributed by atoms with E-state index in [0.717, 1.165) is 29.2 Å². The van der Waals surface area contributed by atoms with Gasteiger partial charge in [-0.2, -0.15) is 0 Å². The molecule has 5 aliphatic rings. The van der Waals surface area contributed by atoms with E-state index in [2.05, 4.69) is 339 Å². The molecule has 0 aliphatic heterocycles. The highest BCUT2D eigenvalue weighted by Gasteiger charge is 2.42. The molecule has 4 heteroatoms. The summed E-state index contributed by atoms with van der Waals surface area (Å²) in [5, 5.41) is 0. The van der Waals surface area contributed by atoms with Crippen LogP contribution in [0.15, 0.2) is 243 Å². The molecule has 0 saturated carbocycles. The van der Waals surface area contributed by atoms with Gasteiger partial charge in [0.05, 0.1) is 0 Å². The van der Waals surface area contributed by atoms with Crippen molar-refractivity contribution in [2.75, 3.05) is 9.80 Å². The van der Waals surface area contributed by atoms with Crippen LogP contribution in [-0.2, 0) is 27.1 Å². The molecule has 0 amide bonds. The third-order valence-corrected chi connectivity index (χ3v) is 22.3. The highest BCUT2D eigenvalue weighted by atomic mass is 15.2. The SMILES string of the molecule is CC/C=C1\C(=C/C(C)N(c2ccncc2)c2ccc3c(c2)C(C)(C)c2cc(/C=C/c4ccc5c(c4)C(C)(C)c4cc(/C=C/c6ccc7c(c6)C(C)(C)c6cc(N(c8ccncc8)c8ccc9c(c8)C(C)(C)c8ccccc8-9)ccc6-7)ccc4-5)ccc2-3)C(C)(C)c2ccccc21. The second-order valence-electron chi connectivity index (χ2n) is 29.8. The van der Waals surface area contributed by atoms with Crippen LogP contribution >= 0.6 is 0 Å². The van der Waals surface area contributed by atoms with Gasteiger partial charge in [-0.15, -0.1) is 0 Å². The minimum Gasteiger partial charge on any atom is -0.335 e. The molecule has 16 rings (SSSR count). The normalized spacial score (nSPS) is 17.4. The number of rotatable bonds is 12. The summed E-state index contributed by atoms with van der Waals surface area (Å²) in [5.74, 6) is 0. The molecule has 0 bridgehead atoms. The van der Waals surface area contributed by atoms with Crippen LogP contribution in [0.25, 0.3) is 74.4 Å². The Hall–Kier alpha value is -10.2. The molecule has 2 heterocycles. The summed E-state index contributed by atoms with van der Waals surface area (Å²) in [6, 6.07) is 75.9. The summed E-state index contributed by atoms with van der Waals surface area (Å²) in [5.41, 5.74) is 36.6. The monoisotopic (exact) mass is 1230 g/mol. The molecule has 4 nitrogen and oxygen atoms in total. The molecule has 0 radical (unpaired) electrons. The zero-order valence-electron chi connectivity index (χ0n) is 56.9. The molecule has 0 spiro atoms. The quantitative estimate of drug-likeness (QED) is 0.114. The summed E-state index contributed by atoms with van der Waals surface area (Å²) in [4.78, 5) is 13.8. The Morgan fingerprint density at radius 1 is 0.326 bits per heavy atom. The molecule has 1 unspecified atom stereocenters. The van der Waals surface area contributed by atoms with Gasteiger partial charge in [0, 0.05) is 86.3 Å². The molecule has 9 aromatic carbocycles. The number of hydrogen-bond donors (Lipinski definition) is 0. The summed E-state index contributed by atoms with van der Waals surface area (Å²) >= 11 is 0. The number of pyridine rings is 2. The van der Waals surface area contributed by atoms with Gasteiger partial charge in [-0.1, -0.05) is 252 Å². The third kappa shape index (κ3) is 9.44. The van der Waals surface area contributed by atoms with Crippen molar-refractivity contribution in [3.05, 3.63) is 321 Å². The van der Waals surface area contributed by atoms with Gasteiger partial charge in [0.15, 0.2) is 0 Å². The van der Waals surface area contributed by atoms with Gasteiger partial charge >= 0.3 is 0 Å². The molecule has 2 aromatic heterocycles. The van der Waals surface area contributed by atoms with E-state index in [1.54, 1.807) is 0 Å². The third-order valence-electron chi connectivity index (χ3n) is 22.3. The van der Waals surface area contributed by atoms with Gasteiger partial charge in [0.25, 0.3) is 0 Å². The van der Waals surface area contributed by atoms with E-state index in [4.69, 9.17) is 0 Å². The van der Waals surface area contributed by atoms with Crippen LogP contribution < -0.4 is 9.80 Å². The molecule has 0 N–H and O–H groups in total. The molecular weight excluding hydrogens is 1150 g/mol. The average molecular weight is 1230 g/mol. The van der Waals surface area contributed by atoms with E-state index in [9.17, 15) is 0 Å². The number of fused-ring (bicyclic) bond motifs is 13. The number of aromatic nitrogens is 2. The number of hydrogen-bond acceptors (Lipinski definition) is 4. The van der Waals surface area contributed by atoms with E-state index < -0.39 is 0 Å². The predicted octanol–water partition coefficient (Wildman–Crippen LogP) is 23.8. The molecule has 0 fully saturated rings. The molecular formula is C91H82N4. The van der Waals surface area contributed by atoms with Gasteiger partial charge in [-0.3, -0.25) is 9.97 Å². The highest BCUT2D eigenvalue weighted by molar-refractivity contribution is 5.93. The molecule has 466 valence electrons. The van der Waals surface area contributed by atoms with Gasteiger partial charge < -0.3 is 9.80 Å². The van der Waals surface area contributed by atoms with Crippen LogP contribution in [0.2, 0.25) is 0 Å². The van der Waals surface area contributed by atoms with Crippen molar-refractivity contribution < 1.29 is 0 Å². The Morgan fingerprint density at radius 2 is 0.653 bits per heavy atom. The molecule has 1 atom stereocenters. The Balaban J connectivity index is 0.630. The lowest BCUT2D eigenvalue weighted by atomic mass is 9.81. The van der Waals surface area contributed by atoms with Gasteiger partial charge in [-0.05, 0) is 208 Å². The van der Waals surface area contributed by atoms with Crippen LogP contribution in [0.1, 0.15) is 167 Å². The van der Waals surface area contributed by atoms with Crippen molar-refractivity contribution in [1.82, 2.24) is 9.97 Å². The van der Waals surface area contributed by atoms with Crippen LogP contribution in [-0.4, -0.2) is 16.0 Å². The lowest BCUT2D eigenvalue weighted by Crippen LogP contribution is -2.29. The number of allylic oxidation sites excluding steroid dienone is 3. The smallest absolute Gasteiger partial charge is 0.0500 e. The molecule has 5 aliphatic carbocycles. The highest BCUT2D eigenvalue weighted by Crippen LogP contribution is 2.57. The zero-order valence-corrected chi connectivity index (χ0v) is 56.9. The van der Waals surface area contributed by atoms with Crippen LogP contribution in [0.5, 0.6) is 0 Å². The largest absolute Gasteiger partial charge is 0.335 e. The first kappa shape index (κ1) is 59.8. The van der Waals surface area contributed by atoms with Crippen molar-refractivity contribution >= 4 is 58.3 Å². The van der Waals surface area contributed by atoms with E-state index in [1.807, 2.05) is 24.8 Å². The standard InChI is InChI=1S/C91H82N4/c1-13-18-67-68-19-14-16-21-77(68)87(3,4)79(67)49-57(2)94(62-41-45-92-46-42-62)64-31-38-75-72-36-29-60(52-82(72)90(9,10)85(75)54-64)25-23-58-27-34-70-71-35-28-59(51-81(71)89(7,8)80(70)50-58)24-26-61-30-37-73-76-40-33-66(56-86(76)91(11,12)83(73)53-61)95(63-43-47-93-48-44-63)65-32-39-74-69-20-15-17-22-78(69)88(5,6)84(74)55-65/h14-57H,13H2,1-12H3/b25-23+,26-24+,67-18-,79-49+. The fourth-order valence-corrected chi connectivity index (χ4v) is 17.2. The number of benzene rings is 9. The second-order valence-corrected chi connectivity index (χ2v) is 29.8. The summed E-state index contributed by atoms with van der Waals surface area (Å²) < 4.78 is 0. The fourth-order valence-electron chi connectivity index (χ4n) is 17.2. The van der Waals surface area contributed by atoms with Gasteiger partial charge in [-0.25, -0.2) is 0 Å². The summed E-state index contributed by atoms with van der Waals surface area (Å²) in [6.07, 6.45) is 22.7. The average Bonchev–Trinajstić information content (AvgIpc) is 1.61. The maximum Gasteiger partial charge on any atom is 0.0500 e. The van der Waals surface area contributed by atoms with Gasteiger partial charge in [0.2, 0.25) is 0 Å². The van der Waals surface area contributed by atoms with Crippen molar-refractivity contribution in [2.45, 2.75) is 123 Å². The molecule has 95 heavy (non-hydrogen) atoms. The van der Waals surface area contributed by atoms with Crippen molar-refractivity contribution in [3.8, 4) is 44.5 Å². The van der Waals surface area contributed by atoms with Crippen LogP contribution in [0, 0.1) is 0 Å². The Bertz CT molecular complexity index is 5100. The molecule has 0 saturated heterocycles. The second kappa shape index (κ2) is 22.0. The number of anilines is 5. The van der Waals surface area contributed by atoms with Crippen molar-refractivity contribution in [2.24, 2.45) is 0 Å². The number of nitrogens with zero attached hydrogens (tertiary/aromatic N) is 4. The zero-order chi connectivity index (χ0) is 65.5. The first-order chi connectivity index (χ1) is 45.7.